The van der Waals surface area contributed by atoms with Crippen molar-refractivity contribution in [1.82, 2.24) is 15.5 Å². The molecule has 0 aliphatic carbocycles. The summed E-state index contributed by atoms with van der Waals surface area (Å²) in [6, 6.07) is 3.20. The predicted molar refractivity (Wildman–Crippen MR) is 87.5 cm³/mol. The van der Waals surface area contributed by atoms with Crippen LogP contribution in [0.3, 0.4) is 0 Å². The summed E-state index contributed by atoms with van der Waals surface area (Å²) in [7, 11) is 0. The number of hydrogen-bond acceptors (Lipinski definition) is 3. The first kappa shape index (κ1) is 18.6. The smallest absolute Gasteiger partial charge is 0.315 e. The number of rotatable bonds is 6. The van der Waals surface area contributed by atoms with Crippen LogP contribution in [0.15, 0.2) is 18.2 Å². The third-order valence-electron chi connectivity index (χ3n) is 4.33. The predicted octanol–water partition coefficient (Wildman–Crippen LogP) is 2.00. The number of nitrogens with zero attached hydrogens (tertiary/aromatic N) is 1. The number of carbonyl (C=O) groups is 1. The lowest BCUT2D eigenvalue weighted by molar-refractivity contribution is 0.173. The van der Waals surface area contributed by atoms with Crippen molar-refractivity contribution in [3.63, 3.8) is 0 Å². The van der Waals surface area contributed by atoms with Crippen LogP contribution >= 0.6 is 0 Å². The van der Waals surface area contributed by atoms with Gasteiger partial charge in [0.15, 0.2) is 0 Å². The number of amides is 2. The summed E-state index contributed by atoms with van der Waals surface area (Å²) in [4.78, 5) is 13.9. The van der Waals surface area contributed by atoms with Crippen LogP contribution in [0.25, 0.3) is 0 Å². The van der Waals surface area contributed by atoms with E-state index in [0.29, 0.717) is 13.0 Å². The van der Waals surface area contributed by atoms with Gasteiger partial charge in [0.2, 0.25) is 0 Å². The number of aliphatic hydroxyl groups is 1. The Kier molecular flexibility index (Phi) is 6.93. The molecule has 3 N–H and O–H groups in total. The van der Waals surface area contributed by atoms with E-state index in [1.165, 1.54) is 18.2 Å². The molecule has 2 rings (SSSR count). The molecule has 0 spiro atoms. The van der Waals surface area contributed by atoms with E-state index >= 15 is 0 Å². The Morgan fingerprint density at radius 1 is 1.42 bits per heavy atom. The average Bonchev–Trinajstić information content (AvgIpc) is 2.56. The molecule has 1 aliphatic heterocycles. The first-order chi connectivity index (χ1) is 11.5. The van der Waals surface area contributed by atoms with Gasteiger partial charge >= 0.3 is 6.03 Å². The molecule has 0 bridgehead atoms. The normalized spacial score (nSPS) is 19.8. The molecule has 0 aromatic heterocycles. The first-order valence-electron chi connectivity index (χ1n) is 8.36. The summed E-state index contributed by atoms with van der Waals surface area (Å²) in [5, 5.41) is 14.7. The highest BCUT2D eigenvalue weighted by atomic mass is 19.1. The molecule has 0 radical (unpaired) electrons. The van der Waals surface area contributed by atoms with E-state index in [1.54, 1.807) is 0 Å². The van der Waals surface area contributed by atoms with E-state index in [1.807, 2.05) is 11.8 Å². The third-order valence-corrected chi connectivity index (χ3v) is 4.33. The van der Waals surface area contributed by atoms with Crippen molar-refractivity contribution in [3.05, 3.63) is 35.4 Å². The first-order valence-corrected chi connectivity index (χ1v) is 8.36. The molecule has 2 unspecified atom stereocenters. The van der Waals surface area contributed by atoms with Gasteiger partial charge in [-0.15, -0.1) is 0 Å². The molecule has 1 aromatic carbocycles. The van der Waals surface area contributed by atoms with Crippen molar-refractivity contribution < 1.29 is 18.7 Å². The van der Waals surface area contributed by atoms with Crippen LogP contribution in [0.1, 0.15) is 31.7 Å². The van der Waals surface area contributed by atoms with Crippen molar-refractivity contribution >= 4 is 6.03 Å². The maximum absolute atomic E-state index is 13.8. The highest BCUT2D eigenvalue weighted by Gasteiger charge is 2.23. The van der Waals surface area contributed by atoms with E-state index in [2.05, 4.69) is 10.6 Å². The second-order valence-electron chi connectivity index (χ2n) is 6.18. The average molecular weight is 341 g/mol. The molecule has 2 amide bonds. The van der Waals surface area contributed by atoms with Gasteiger partial charge in [-0.25, -0.2) is 13.6 Å². The number of likely N-dealkylation sites (tertiary alicyclic amines) is 1. The summed E-state index contributed by atoms with van der Waals surface area (Å²) in [5.74, 6) is -1.09. The Bertz CT molecular complexity index is 532. The van der Waals surface area contributed by atoms with Crippen LogP contribution in [0.4, 0.5) is 13.6 Å². The second-order valence-corrected chi connectivity index (χ2v) is 6.18. The van der Waals surface area contributed by atoms with Crippen molar-refractivity contribution in [2.45, 2.75) is 44.8 Å². The van der Waals surface area contributed by atoms with Gasteiger partial charge in [-0.1, -0.05) is 13.0 Å². The van der Waals surface area contributed by atoms with E-state index in [9.17, 15) is 13.6 Å². The molecule has 1 aliphatic rings. The van der Waals surface area contributed by atoms with Gasteiger partial charge in [0.1, 0.15) is 11.6 Å². The summed E-state index contributed by atoms with van der Waals surface area (Å²) < 4.78 is 27.5. The van der Waals surface area contributed by atoms with Gasteiger partial charge in [-0.05, 0) is 37.9 Å². The fraction of sp³-hybridized carbons (Fsp3) is 0.588. The van der Waals surface area contributed by atoms with Crippen molar-refractivity contribution in [2.24, 2.45) is 0 Å². The van der Waals surface area contributed by atoms with Gasteiger partial charge in [-0.2, -0.15) is 0 Å². The van der Waals surface area contributed by atoms with Gasteiger partial charge in [-0.3, -0.25) is 4.90 Å². The fourth-order valence-electron chi connectivity index (χ4n) is 2.91. The van der Waals surface area contributed by atoms with E-state index < -0.39 is 11.6 Å². The maximum atomic E-state index is 13.8. The van der Waals surface area contributed by atoms with Gasteiger partial charge in [0.25, 0.3) is 0 Å². The SMILES string of the molecule is CCC(CO)NC(=O)NC1CCCN(Cc2c(F)cccc2F)C1. The largest absolute Gasteiger partial charge is 0.394 e. The molecule has 24 heavy (non-hydrogen) atoms. The molecular formula is C17H25F2N3O2. The van der Waals surface area contributed by atoms with Crippen LogP contribution < -0.4 is 10.6 Å². The van der Waals surface area contributed by atoms with Crippen LogP contribution in [-0.2, 0) is 6.54 Å². The Labute approximate surface area is 141 Å². The molecule has 1 fully saturated rings. The molecule has 7 heteroatoms. The minimum atomic E-state index is -0.545. The lowest BCUT2D eigenvalue weighted by Crippen LogP contribution is -2.52. The molecule has 1 heterocycles. The van der Waals surface area contributed by atoms with Gasteiger partial charge in [0.05, 0.1) is 12.6 Å². The number of aliphatic hydroxyl groups excluding tert-OH is 1. The summed E-state index contributed by atoms with van der Waals surface area (Å²) in [6.07, 6.45) is 2.31. The Hall–Kier alpha value is -1.73. The quantitative estimate of drug-likeness (QED) is 0.741. The summed E-state index contributed by atoms with van der Waals surface area (Å²) in [6.45, 7) is 3.24. The molecule has 134 valence electrons. The molecule has 5 nitrogen and oxygen atoms in total. The van der Waals surface area contributed by atoms with Crippen molar-refractivity contribution in [1.29, 1.82) is 0 Å². The minimum absolute atomic E-state index is 0.0638. The number of carbonyl (C=O) groups excluding carboxylic acids is 1. The van der Waals surface area contributed by atoms with Crippen LogP contribution in [0.2, 0.25) is 0 Å². The summed E-state index contributed by atoms with van der Waals surface area (Å²) >= 11 is 0. The van der Waals surface area contributed by atoms with Gasteiger partial charge < -0.3 is 15.7 Å². The zero-order valence-corrected chi connectivity index (χ0v) is 13.9. The monoisotopic (exact) mass is 341 g/mol. The molecular weight excluding hydrogens is 316 g/mol. The lowest BCUT2D eigenvalue weighted by Gasteiger charge is -2.33. The van der Waals surface area contributed by atoms with Gasteiger partial charge in [0, 0.05) is 24.7 Å². The number of piperidine rings is 1. The molecule has 2 atom stereocenters. The number of nitrogens with one attached hydrogen (secondary N) is 2. The molecule has 1 aromatic rings. The maximum Gasteiger partial charge on any atom is 0.315 e. The van der Waals surface area contributed by atoms with E-state index in [4.69, 9.17) is 5.11 Å². The number of benzene rings is 1. The van der Waals surface area contributed by atoms with Crippen LogP contribution in [0.5, 0.6) is 0 Å². The molecule has 1 saturated heterocycles. The Balaban J connectivity index is 1.89. The zero-order valence-electron chi connectivity index (χ0n) is 13.9. The Morgan fingerprint density at radius 3 is 2.75 bits per heavy atom. The standard InChI is InChI=1S/C17H25F2N3O2/c1-2-12(11-23)20-17(24)21-13-5-4-8-22(9-13)10-14-15(18)6-3-7-16(14)19/h3,6-7,12-13,23H,2,4-5,8-11H2,1H3,(H2,20,21,24). The number of hydrogen-bond donors (Lipinski definition) is 3. The lowest BCUT2D eigenvalue weighted by atomic mass is 10.0. The number of halogens is 2. The zero-order chi connectivity index (χ0) is 17.5. The third kappa shape index (κ3) is 5.14. The van der Waals surface area contributed by atoms with E-state index in [-0.39, 0.29) is 36.8 Å². The van der Waals surface area contributed by atoms with Crippen molar-refractivity contribution in [2.75, 3.05) is 19.7 Å². The Morgan fingerprint density at radius 2 is 2.12 bits per heavy atom. The summed E-state index contributed by atoms with van der Waals surface area (Å²) in [5.41, 5.74) is 0.0638. The fourth-order valence-corrected chi connectivity index (χ4v) is 2.91. The van der Waals surface area contributed by atoms with Crippen LogP contribution in [-0.4, -0.2) is 47.8 Å². The second kappa shape index (κ2) is 8.94. The van der Waals surface area contributed by atoms with Crippen molar-refractivity contribution in [3.8, 4) is 0 Å². The van der Waals surface area contributed by atoms with Crippen LogP contribution in [0, 0.1) is 11.6 Å². The van der Waals surface area contributed by atoms with E-state index in [0.717, 1.165) is 19.4 Å². The minimum Gasteiger partial charge on any atom is -0.394 e. The topological polar surface area (TPSA) is 64.6 Å². The highest BCUT2D eigenvalue weighted by molar-refractivity contribution is 5.74. The highest BCUT2D eigenvalue weighted by Crippen LogP contribution is 2.18. The molecule has 0 saturated carbocycles. The number of urea groups is 1.